The molecule has 25 heavy (non-hydrogen) atoms. The predicted molar refractivity (Wildman–Crippen MR) is 88.2 cm³/mol. The molecule has 0 spiro atoms. The number of benzene rings is 2. The van der Waals surface area contributed by atoms with Crippen molar-refractivity contribution < 1.29 is 23.0 Å². The van der Waals surface area contributed by atoms with Crippen molar-refractivity contribution in [1.82, 2.24) is 9.55 Å². The van der Waals surface area contributed by atoms with Crippen molar-refractivity contribution >= 4 is 27.0 Å². The minimum Gasteiger partial charge on any atom is -0.434 e. The normalized spacial score (nSPS) is 19.6. The maximum absolute atomic E-state index is 13.8. The molecule has 4 rings (SSSR count). The zero-order valence-corrected chi connectivity index (χ0v) is 14.3. The number of nitrogens with zero attached hydrogens (tertiary/aromatic N) is 2. The Balaban J connectivity index is 1.90. The van der Waals surface area contributed by atoms with Crippen molar-refractivity contribution in [2.75, 3.05) is 0 Å². The molecule has 2 atom stereocenters. The first-order valence-electron chi connectivity index (χ1n) is 7.54. The smallest absolute Gasteiger partial charge is 0.387 e. The van der Waals surface area contributed by atoms with Crippen molar-refractivity contribution in [2.45, 2.75) is 25.2 Å². The number of imidazole rings is 1. The lowest BCUT2D eigenvalue weighted by molar-refractivity contribution is -0.0507. The quantitative estimate of drug-likeness (QED) is 0.685. The van der Waals surface area contributed by atoms with E-state index in [0.717, 1.165) is 0 Å². The molecule has 0 radical (unpaired) electrons. The van der Waals surface area contributed by atoms with Crippen LogP contribution in [-0.4, -0.2) is 21.3 Å². The monoisotopic (exact) mass is 412 g/mol. The van der Waals surface area contributed by atoms with Crippen LogP contribution in [0.2, 0.25) is 0 Å². The lowest BCUT2D eigenvalue weighted by atomic mass is 10.0. The summed E-state index contributed by atoms with van der Waals surface area (Å²) in [7, 11) is 0. The van der Waals surface area contributed by atoms with Crippen LogP contribution < -0.4 is 4.74 Å². The molecule has 1 aromatic heterocycles. The van der Waals surface area contributed by atoms with Gasteiger partial charge in [-0.15, -0.1) is 0 Å². The standard InChI is InChI=1S/C17H12BrF3N2O2/c18-9-5-13-11(6-10(9)19)22-16-14(24)7-12(23(13)16)8-3-1-2-4-15(8)25-17(20)21/h1-6,12,14,17,24H,7H2/t12-,14-/m1/s1. The molecular formula is C17H12BrF3N2O2. The molecule has 3 aromatic rings. The Labute approximate surface area is 149 Å². The number of aromatic nitrogens is 2. The molecule has 1 N–H and O–H groups in total. The Kier molecular flexibility index (Phi) is 3.96. The lowest BCUT2D eigenvalue weighted by Crippen LogP contribution is -2.10. The highest BCUT2D eigenvalue weighted by atomic mass is 79.9. The van der Waals surface area contributed by atoms with Crippen LogP contribution in [0, 0.1) is 5.82 Å². The average Bonchev–Trinajstić information content (AvgIpc) is 3.06. The van der Waals surface area contributed by atoms with E-state index in [1.165, 1.54) is 12.1 Å². The third kappa shape index (κ3) is 2.69. The summed E-state index contributed by atoms with van der Waals surface area (Å²) in [5, 5.41) is 10.3. The Morgan fingerprint density at radius 3 is 2.80 bits per heavy atom. The van der Waals surface area contributed by atoms with E-state index in [4.69, 9.17) is 0 Å². The fraction of sp³-hybridized carbons (Fsp3) is 0.235. The van der Waals surface area contributed by atoms with Gasteiger partial charge in [0.1, 0.15) is 23.5 Å². The second-order valence-corrected chi connectivity index (χ2v) is 6.63. The second kappa shape index (κ2) is 6.03. The molecule has 0 bridgehead atoms. The first kappa shape index (κ1) is 16.4. The van der Waals surface area contributed by atoms with Gasteiger partial charge in [-0.2, -0.15) is 8.78 Å². The molecular weight excluding hydrogens is 401 g/mol. The number of halogens is 4. The van der Waals surface area contributed by atoms with E-state index in [1.54, 1.807) is 28.8 Å². The van der Waals surface area contributed by atoms with Gasteiger partial charge in [0.25, 0.3) is 0 Å². The van der Waals surface area contributed by atoms with Crippen molar-refractivity contribution in [3.05, 3.63) is 58.1 Å². The Bertz CT molecular complexity index is 960. The maximum Gasteiger partial charge on any atom is 0.387 e. The summed E-state index contributed by atoms with van der Waals surface area (Å²) in [6, 6.07) is 8.86. The summed E-state index contributed by atoms with van der Waals surface area (Å²) in [5.74, 6) is -0.0355. The number of ether oxygens (including phenoxy) is 1. The Morgan fingerprint density at radius 1 is 1.28 bits per heavy atom. The molecule has 8 heteroatoms. The van der Waals surface area contributed by atoms with E-state index < -0.39 is 24.6 Å². The minimum atomic E-state index is -2.95. The third-order valence-electron chi connectivity index (χ3n) is 4.31. The largest absolute Gasteiger partial charge is 0.434 e. The molecule has 2 aromatic carbocycles. The van der Waals surface area contributed by atoms with Gasteiger partial charge in [0.2, 0.25) is 0 Å². The summed E-state index contributed by atoms with van der Waals surface area (Å²) >= 11 is 3.15. The van der Waals surface area contributed by atoms with Gasteiger partial charge in [0.15, 0.2) is 0 Å². The van der Waals surface area contributed by atoms with Gasteiger partial charge in [-0.05, 0) is 28.1 Å². The summed E-state index contributed by atoms with van der Waals surface area (Å²) in [6.07, 6.45) is -0.601. The number of hydrogen-bond acceptors (Lipinski definition) is 3. The number of aliphatic hydroxyl groups is 1. The summed E-state index contributed by atoms with van der Waals surface area (Å²) in [6.45, 7) is -2.95. The Morgan fingerprint density at radius 2 is 2.04 bits per heavy atom. The average molecular weight is 413 g/mol. The fourth-order valence-electron chi connectivity index (χ4n) is 3.32. The first-order chi connectivity index (χ1) is 12.0. The van der Waals surface area contributed by atoms with E-state index >= 15 is 0 Å². The second-order valence-electron chi connectivity index (χ2n) is 5.78. The molecule has 1 aliphatic rings. The SMILES string of the molecule is O[C@@H]1C[C@H](c2ccccc2OC(F)F)n2c1nc1cc(F)c(Br)cc12. The number of para-hydroxylation sites is 1. The number of aliphatic hydroxyl groups excluding tert-OH is 1. The zero-order chi connectivity index (χ0) is 17.7. The molecule has 2 heterocycles. The van der Waals surface area contributed by atoms with Gasteiger partial charge in [-0.25, -0.2) is 9.37 Å². The van der Waals surface area contributed by atoms with Crippen LogP contribution in [0.4, 0.5) is 13.2 Å². The lowest BCUT2D eigenvalue weighted by Gasteiger charge is -2.18. The van der Waals surface area contributed by atoms with Gasteiger partial charge in [-0.3, -0.25) is 0 Å². The highest BCUT2D eigenvalue weighted by Gasteiger charge is 2.35. The number of rotatable bonds is 3. The van der Waals surface area contributed by atoms with Gasteiger partial charge in [-0.1, -0.05) is 18.2 Å². The fourth-order valence-corrected chi connectivity index (χ4v) is 3.65. The number of alkyl halides is 2. The van der Waals surface area contributed by atoms with Crippen LogP contribution in [-0.2, 0) is 0 Å². The molecule has 0 amide bonds. The van der Waals surface area contributed by atoms with Gasteiger partial charge >= 0.3 is 6.61 Å². The van der Waals surface area contributed by atoms with Gasteiger partial charge < -0.3 is 14.4 Å². The van der Waals surface area contributed by atoms with Gasteiger partial charge in [0, 0.05) is 18.1 Å². The van der Waals surface area contributed by atoms with Crippen LogP contribution >= 0.6 is 15.9 Å². The van der Waals surface area contributed by atoms with Crippen LogP contribution in [0.1, 0.15) is 30.0 Å². The van der Waals surface area contributed by atoms with E-state index in [1.807, 2.05) is 0 Å². The number of fused-ring (bicyclic) bond motifs is 3. The van der Waals surface area contributed by atoms with E-state index in [-0.39, 0.29) is 16.6 Å². The van der Waals surface area contributed by atoms with Gasteiger partial charge in [0.05, 0.1) is 21.5 Å². The van der Waals surface area contributed by atoms with Crippen molar-refractivity contribution in [1.29, 1.82) is 0 Å². The molecule has 130 valence electrons. The summed E-state index contributed by atoms with van der Waals surface area (Å²) in [4.78, 5) is 4.31. The highest BCUT2D eigenvalue weighted by Crippen LogP contribution is 2.44. The summed E-state index contributed by atoms with van der Waals surface area (Å²) < 4.78 is 45.8. The van der Waals surface area contributed by atoms with Crippen molar-refractivity contribution in [3.8, 4) is 5.75 Å². The van der Waals surface area contributed by atoms with Crippen LogP contribution in [0.5, 0.6) is 5.75 Å². The van der Waals surface area contributed by atoms with E-state index in [0.29, 0.717) is 22.4 Å². The Hall–Kier alpha value is -2.06. The molecule has 4 nitrogen and oxygen atoms in total. The molecule has 0 saturated carbocycles. The molecule has 1 aliphatic heterocycles. The van der Waals surface area contributed by atoms with Crippen LogP contribution in [0.25, 0.3) is 11.0 Å². The molecule has 0 aliphatic carbocycles. The third-order valence-corrected chi connectivity index (χ3v) is 4.92. The highest BCUT2D eigenvalue weighted by molar-refractivity contribution is 9.10. The van der Waals surface area contributed by atoms with Crippen LogP contribution in [0.3, 0.4) is 0 Å². The summed E-state index contributed by atoms with van der Waals surface area (Å²) in [5.41, 5.74) is 1.52. The van der Waals surface area contributed by atoms with E-state index in [9.17, 15) is 18.3 Å². The molecule has 0 unspecified atom stereocenters. The molecule has 0 saturated heterocycles. The van der Waals surface area contributed by atoms with Crippen molar-refractivity contribution in [2.24, 2.45) is 0 Å². The molecule has 0 fully saturated rings. The minimum absolute atomic E-state index is 0.0468. The first-order valence-corrected chi connectivity index (χ1v) is 8.33. The number of hydrogen-bond donors (Lipinski definition) is 1. The van der Waals surface area contributed by atoms with Crippen LogP contribution in [0.15, 0.2) is 40.9 Å². The predicted octanol–water partition coefficient (Wildman–Crippen LogP) is 4.57. The van der Waals surface area contributed by atoms with Crippen molar-refractivity contribution in [3.63, 3.8) is 0 Å². The maximum atomic E-state index is 13.8. The van der Waals surface area contributed by atoms with E-state index in [2.05, 4.69) is 25.7 Å². The zero-order valence-electron chi connectivity index (χ0n) is 12.7. The topological polar surface area (TPSA) is 47.3 Å².